The molecule has 126 valence electrons. The van der Waals surface area contributed by atoms with Crippen molar-refractivity contribution >= 4 is 34.9 Å². The number of carbonyl (C=O) groups excluding carboxylic acids is 3. The number of aromatic hydroxyl groups is 1. The molecule has 2 aliphatic rings. The highest BCUT2D eigenvalue weighted by molar-refractivity contribution is 8.18. The second-order valence-electron chi connectivity index (χ2n) is 5.35. The van der Waals surface area contributed by atoms with Crippen molar-refractivity contribution in [3.8, 4) is 5.75 Å². The van der Waals surface area contributed by atoms with Gasteiger partial charge in [0.25, 0.3) is 11.1 Å². The molecular weight excluding hydrogens is 332 g/mol. The number of nitrogens with zero attached hydrogens (tertiary/aromatic N) is 2. The van der Waals surface area contributed by atoms with Gasteiger partial charge in [0, 0.05) is 13.1 Å². The summed E-state index contributed by atoms with van der Waals surface area (Å²) in [6.07, 6.45) is 1.57. The molecule has 0 radical (unpaired) electrons. The van der Waals surface area contributed by atoms with Crippen LogP contribution < -0.4 is 0 Å². The van der Waals surface area contributed by atoms with Crippen LogP contribution in [0.15, 0.2) is 29.2 Å². The number of rotatable bonds is 3. The van der Waals surface area contributed by atoms with Gasteiger partial charge >= 0.3 is 0 Å². The summed E-state index contributed by atoms with van der Waals surface area (Å²) in [5.41, 5.74) is 0.692. The molecule has 7 nitrogen and oxygen atoms in total. The van der Waals surface area contributed by atoms with Gasteiger partial charge in [0.15, 0.2) is 0 Å². The molecule has 8 heteroatoms. The lowest BCUT2D eigenvalue weighted by atomic mass is 10.2. The van der Waals surface area contributed by atoms with E-state index in [2.05, 4.69) is 0 Å². The van der Waals surface area contributed by atoms with Crippen LogP contribution in [0.5, 0.6) is 5.75 Å². The minimum Gasteiger partial charge on any atom is -0.508 e. The van der Waals surface area contributed by atoms with E-state index in [-0.39, 0.29) is 23.1 Å². The maximum Gasteiger partial charge on any atom is 0.294 e. The largest absolute Gasteiger partial charge is 0.508 e. The molecule has 0 aliphatic carbocycles. The number of benzene rings is 1. The summed E-state index contributed by atoms with van der Waals surface area (Å²) >= 11 is 0.810. The van der Waals surface area contributed by atoms with Gasteiger partial charge < -0.3 is 14.7 Å². The molecule has 0 unspecified atom stereocenters. The van der Waals surface area contributed by atoms with Crippen LogP contribution in [0.4, 0.5) is 4.79 Å². The second kappa shape index (κ2) is 7.06. The maximum atomic E-state index is 12.4. The monoisotopic (exact) mass is 348 g/mol. The van der Waals surface area contributed by atoms with Crippen LogP contribution in [-0.2, 0) is 14.3 Å². The fourth-order valence-corrected chi connectivity index (χ4v) is 3.24. The molecule has 2 fully saturated rings. The van der Waals surface area contributed by atoms with Crippen molar-refractivity contribution in [2.45, 2.75) is 0 Å². The van der Waals surface area contributed by atoms with Crippen molar-refractivity contribution in [2.24, 2.45) is 0 Å². The van der Waals surface area contributed by atoms with Crippen LogP contribution in [0, 0.1) is 0 Å². The summed E-state index contributed by atoms with van der Waals surface area (Å²) in [5, 5.41) is 8.82. The first-order chi connectivity index (χ1) is 11.5. The summed E-state index contributed by atoms with van der Waals surface area (Å²) in [4.78, 5) is 39.5. The zero-order valence-electron chi connectivity index (χ0n) is 12.8. The van der Waals surface area contributed by atoms with E-state index < -0.39 is 11.1 Å². The number of amides is 3. The van der Waals surface area contributed by atoms with Gasteiger partial charge in [-0.1, -0.05) is 12.1 Å². The topological polar surface area (TPSA) is 87.2 Å². The SMILES string of the molecule is O=C(CN1C(=O)S/C(=C/c2ccc(O)cc2)C1=O)N1CCOCC1. The van der Waals surface area contributed by atoms with Crippen LogP contribution in [0.2, 0.25) is 0 Å². The van der Waals surface area contributed by atoms with Crippen LogP contribution in [-0.4, -0.2) is 64.8 Å². The number of hydrogen-bond acceptors (Lipinski definition) is 6. The third kappa shape index (κ3) is 3.60. The molecule has 0 atom stereocenters. The number of imide groups is 1. The standard InChI is InChI=1S/C16H16N2O5S/c19-12-3-1-11(2-4-12)9-13-15(21)18(16(22)24-13)10-14(20)17-5-7-23-8-6-17/h1-4,9,19H,5-8,10H2/b13-9+. The lowest BCUT2D eigenvalue weighted by molar-refractivity contribution is -0.139. The number of thioether (sulfide) groups is 1. The van der Waals surface area contributed by atoms with Gasteiger partial charge in [0.2, 0.25) is 5.91 Å². The molecule has 0 spiro atoms. The zero-order chi connectivity index (χ0) is 17.1. The number of morpholine rings is 1. The fourth-order valence-electron chi connectivity index (χ4n) is 2.41. The molecule has 24 heavy (non-hydrogen) atoms. The summed E-state index contributed by atoms with van der Waals surface area (Å²) in [5.74, 6) is -0.609. The van der Waals surface area contributed by atoms with Gasteiger partial charge in [0.05, 0.1) is 18.1 Å². The van der Waals surface area contributed by atoms with Gasteiger partial charge in [-0.25, -0.2) is 0 Å². The second-order valence-corrected chi connectivity index (χ2v) is 6.35. The molecule has 3 amide bonds. The van der Waals surface area contributed by atoms with E-state index in [0.29, 0.717) is 31.9 Å². The van der Waals surface area contributed by atoms with Crippen molar-refractivity contribution in [3.63, 3.8) is 0 Å². The Labute approximate surface area is 142 Å². The van der Waals surface area contributed by atoms with Crippen molar-refractivity contribution in [3.05, 3.63) is 34.7 Å². The quantitative estimate of drug-likeness (QED) is 0.828. The van der Waals surface area contributed by atoms with Crippen LogP contribution in [0.1, 0.15) is 5.56 Å². The summed E-state index contributed by atoms with van der Waals surface area (Å²) in [6, 6.07) is 6.28. The molecule has 1 N–H and O–H groups in total. The molecule has 0 bridgehead atoms. The highest BCUT2D eigenvalue weighted by Crippen LogP contribution is 2.32. The summed E-state index contributed by atoms with van der Waals surface area (Å²) in [7, 11) is 0. The maximum absolute atomic E-state index is 12.4. The molecule has 2 heterocycles. The highest BCUT2D eigenvalue weighted by Gasteiger charge is 2.37. The average molecular weight is 348 g/mol. The Balaban J connectivity index is 1.69. The Kier molecular flexibility index (Phi) is 4.86. The zero-order valence-corrected chi connectivity index (χ0v) is 13.6. The predicted octanol–water partition coefficient (Wildman–Crippen LogP) is 1.29. The number of ether oxygens (including phenoxy) is 1. The number of phenolic OH excluding ortho intramolecular Hbond substituents is 1. The van der Waals surface area contributed by atoms with Gasteiger partial charge in [-0.15, -0.1) is 0 Å². The van der Waals surface area contributed by atoms with E-state index >= 15 is 0 Å². The molecule has 1 aromatic carbocycles. The van der Waals surface area contributed by atoms with E-state index in [1.54, 1.807) is 23.1 Å². The van der Waals surface area contributed by atoms with E-state index in [4.69, 9.17) is 4.74 Å². The molecule has 3 rings (SSSR count). The van der Waals surface area contributed by atoms with Crippen LogP contribution in [0.25, 0.3) is 6.08 Å². The minimum absolute atomic E-state index is 0.122. The van der Waals surface area contributed by atoms with E-state index in [1.165, 1.54) is 12.1 Å². The molecular formula is C16H16N2O5S. The average Bonchev–Trinajstić information content (AvgIpc) is 2.85. The lowest BCUT2D eigenvalue weighted by Crippen LogP contribution is -2.46. The predicted molar refractivity (Wildman–Crippen MR) is 88.2 cm³/mol. The van der Waals surface area contributed by atoms with Crippen molar-refractivity contribution in [2.75, 3.05) is 32.8 Å². The van der Waals surface area contributed by atoms with Crippen LogP contribution >= 0.6 is 11.8 Å². The first kappa shape index (κ1) is 16.5. The number of phenols is 1. The first-order valence-corrected chi connectivity index (χ1v) is 8.26. The van der Waals surface area contributed by atoms with Gasteiger partial charge in [-0.2, -0.15) is 0 Å². The van der Waals surface area contributed by atoms with Crippen molar-refractivity contribution in [1.82, 2.24) is 9.80 Å². The van der Waals surface area contributed by atoms with E-state index in [9.17, 15) is 19.5 Å². The Hall–Kier alpha value is -2.32. The Morgan fingerprint density at radius 3 is 2.54 bits per heavy atom. The molecule has 2 saturated heterocycles. The Morgan fingerprint density at radius 1 is 1.21 bits per heavy atom. The highest BCUT2D eigenvalue weighted by atomic mass is 32.2. The Morgan fingerprint density at radius 2 is 1.88 bits per heavy atom. The third-order valence-corrected chi connectivity index (χ3v) is 4.63. The molecule has 0 saturated carbocycles. The van der Waals surface area contributed by atoms with E-state index in [1.807, 2.05) is 0 Å². The van der Waals surface area contributed by atoms with Crippen LogP contribution in [0.3, 0.4) is 0 Å². The van der Waals surface area contributed by atoms with Crippen molar-refractivity contribution < 1.29 is 24.2 Å². The van der Waals surface area contributed by atoms with Crippen molar-refractivity contribution in [1.29, 1.82) is 0 Å². The van der Waals surface area contributed by atoms with Gasteiger partial charge in [-0.05, 0) is 35.5 Å². The molecule has 2 aliphatic heterocycles. The van der Waals surface area contributed by atoms with Gasteiger partial charge in [-0.3, -0.25) is 19.3 Å². The van der Waals surface area contributed by atoms with Gasteiger partial charge in [0.1, 0.15) is 12.3 Å². The molecule has 0 aromatic heterocycles. The Bertz CT molecular complexity index is 695. The minimum atomic E-state index is -0.473. The summed E-state index contributed by atoms with van der Waals surface area (Å²) in [6.45, 7) is 1.62. The normalized spacial score (nSPS) is 20.1. The first-order valence-electron chi connectivity index (χ1n) is 7.44. The lowest BCUT2D eigenvalue weighted by Gasteiger charge is -2.28. The third-order valence-electron chi connectivity index (χ3n) is 3.72. The number of carbonyl (C=O) groups is 3. The fraction of sp³-hybridized carbons (Fsp3) is 0.312. The smallest absolute Gasteiger partial charge is 0.294 e. The van der Waals surface area contributed by atoms with E-state index in [0.717, 1.165) is 16.7 Å². The summed E-state index contributed by atoms with van der Waals surface area (Å²) < 4.78 is 5.18. The number of hydrogen-bond donors (Lipinski definition) is 1. The molecule has 1 aromatic rings.